The molecule has 5 aromatic carbocycles. The molecule has 20 atom stereocenters. The maximum atomic E-state index is 14.7. The molecule has 33 nitrogen and oxygen atoms in total. The Labute approximate surface area is 611 Å². The molecule has 0 bridgehead atoms. The first-order chi connectivity index (χ1) is 51.3. The lowest BCUT2D eigenvalue weighted by atomic mass is 9.95. The number of hydrogen-bond donors (Lipinski definition) is 1. The van der Waals surface area contributed by atoms with Gasteiger partial charge in [0.1, 0.15) is 62.5 Å². The largest absolute Gasteiger partial charge is 0.463 e. The first-order valence-electron chi connectivity index (χ1n) is 33.4. The Morgan fingerprint density at radius 1 is 0.280 bits per heavy atom. The first-order valence-corrected chi connectivity index (χ1v) is 33.4. The molecule has 5 aromatic rings. The van der Waals surface area contributed by atoms with Crippen LogP contribution in [0.3, 0.4) is 0 Å². The summed E-state index contributed by atoms with van der Waals surface area (Å²) in [6, 6.07) is 37.0. The van der Waals surface area contributed by atoms with Crippen LogP contribution in [0.15, 0.2) is 152 Å². The van der Waals surface area contributed by atoms with E-state index in [9.17, 15) is 62.6 Å². The van der Waals surface area contributed by atoms with Crippen LogP contribution in [0.5, 0.6) is 0 Å². The van der Waals surface area contributed by atoms with Gasteiger partial charge in [0.05, 0.1) is 34.4 Å². The van der Waals surface area contributed by atoms with E-state index in [1.807, 2.05) is 0 Å². The highest BCUT2D eigenvalue weighted by Gasteiger charge is 2.61. The number of aliphatic hydroxyl groups excluding tert-OH is 1. The summed E-state index contributed by atoms with van der Waals surface area (Å²) in [5, 5.41) is 12.4. The minimum absolute atomic E-state index is 0.0388. The van der Waals surface area contributed by atoms with Gasteiger partial charge in [0.15, 0.2) is 80.1 Å². The van der Waals surface area contributed by atoms with E-state index in [0.29, 0.717) is 0 Å². The first kappa shape index (κ1) is 80.5. The third-order valence-corrected chi connectivity index (χ3v) is 16.4. The van der Waals surface area contributed by atoms with Crippen LogP contribution in [0.1, 0.15) is 100 Å². The predicted octanol–water partition coefficient (Wildman–Crippen LogP) is 4.22. The van der Waals surface area contributed by atoms with Crippen molar-refractivity contribution in [3.63, 3.8) is 0 Å². The van der Waals surface area contributed by atoms with Gasteiger partial charge in [-0.3, -0.25) is 33.6 Å². The lowest BCUT2D eigenvalue weighted by Gasteiger charge is -2.50. The van der Waals surface area contributed by atoms with Crippen molar-refractivity contribution in [2.24, 2.45) is 0 Å². The van der Waals surface area contributed by atoms with Gasteiger partial charge >= 0.3 is 71.6 Å². The summed E-state index contributed by atoms with van der Waals surface area (Å²) in [5.74, 6) is -12.6. The molecule has 4 saturated heterocycles. The van der Waals surface area contributed by atoms with Crippen molar-refractivity contribution < 1.29 is 157 Å². The molecule has 17 unspecified atom stereocenters. The van der Waals surface area contributed by atoms with Crippen LogP contribution in [0.4, 0.5) is 0 Å². The lowest BCUT2D eigenvalue weighted by molar-refractivity contribution is -0.384. The van der Waals surface area contributed by atoms with Gasteiger partial charge in [-0.15, -0.1) is 0 Å². The van der Waals surface area contributed by atoms with Gasteiger partial charge < -0.3 is 99.8 Å². The maximum Gasteiger partial charge on any atom is 0.338 e. The van der Waals surface area contributed by atoms with Crippen molar-refractivity contribution in [2.75, 3.05) is 33.5 Å². The molecule has 4 aliphatic rings. The average Bonchev–Trinajstić information content (AvgIpc) is 0.762. The molecule has 4 fully saturated rings. The summed E-state index contributed by atoms with van der Waals surface area (Å²) in [6.07, 6.45) is -40.2. The molecule has 0 radical (unpaired) electrons. The number of hydrogen-bond acceptors (Lipinski definition) is 33. The quantitative estimate of drug-likeness (QED) is 0.0541. The highest BCUT2D eigenvalue weighted by atomic mass is 16.8. The van der Waals surface area contributed by atoms with E-state index in [-0.39, 0.29) is 27.8 Å². The molecule has 4 aliphatic heterocycles. The number of ether oxygens (including phenoxy) is 20. The molecule has 0 amide bonds. The summed E-state index contributed by atoms with van der Waals surface area (Å²) in [6.45, 7) is 3.33. The van der Waals surface area contributed by atoms with Crippen LogP contribution in [0, 0.1) is 0 Å². The van der Waals surface area contributed by atoms with Gasteiger partial charge in [-0.05, 0) is 60.7 Å². The molecule has 107 heavy (non-hydrogen) atoms. The van der Waals surface area contributed by atoms with Gasteiger partial charge in [0.2, 0.25) is 0 Å². The second kappa shape index (κ2) is 38.1. The zero-order valence-corrected chi connectivity index (χ0v) is 58.8. The molecule has 0 spiro atoms. The molecule has 0 aromatic heterocycles. The van der Waals surface area contributed by atoms with Crippen LogP contribution >= 0.6 is 0 Å². The third kappa shape index (κ3) is 21.8. The zero-order valence-electron chi connectivity index (χ0n) is 58.8. The smallest absolute Gasteiger partial charge is 0.338 e. The highest BCUT2D eigenvalue weighted by molar-refractivity contribution is 5.92. The molecule has 33 heteroatoms. The topological polar surface area (TPSA) is 410 Å². The van der Waals surface area contributed by atoms with Crippen LogP contribution in [-0.2, 0) is 128 Å². The van der Waals surface area contributed by atoms with E-state index in [1.165, 1.54) is 109 Å². The van der Waals surface area contributed by atoms with Gasteiger partial charge in [-0.25, -0.2) is 24.0 Å². The number of methoxy groups -OCH3 is 1. The molecular formula is C74H78O33. The monoisotopic (exact) mass is 1490 g/mol. The third-order valence-electron chi connectivity index (χ3n) is 16.4. The minimum Gasteiger partial charge on any atom is -0.463 e. The second-order valence-corrected chi connectivity index (χ2v) is 24.3. The van der Waals surface area contributed by atoms with Crippen molar-refractivity contribution in [2.45, 2.75) is 171 Å². The number of esters is 12. The number of rotatable bonds is 28. The molecule has 0 aliphatic carbocycles. The number of carbonyl (C=O) groups excluding carboxylic acids is 12. The molecular weight excluding hydrogens is 1420 g/mol. The van der Waals surface area contributed by atoms with Gasteiger partial charge in [0.25, 0.3) is 0 Å². The summed E-state index contributed by atoms with van der Waals surface area (Å²) >= 11 is 0. The zero-order chi connectivity index (χ0) is 77.0. The highest BCUT2D eigenvalue weighted by Crippen LogP contribution is 2.40. The Morgan fingerprint density at radius 3 is 0.935 bits per heavy atom. The summed E-state index contributed by atoms with van der Waals surface area (Å²) in [7, 11) is 1.12. The van der Waals surface area contributed by atoms with Crippen molar-refractivity contribution in [3.8, 4) is 0 Å². The van der Waals surface area contributed by atoms with Gasteiger partial charge in [0, 0.05) is 55.6 Å². The SMILES string of the molecule is COC1OC(COC(C)=O)C(OC(C)=O)C(O[C@H]2OC(COC3OC(COC(=O)c4ccccc4)C(OC(=O)c4ccccc4)C(OC(=O)c4ccccc4)C3OC(=O)c3ccccc3)[C@@H](OC(C)=O)[C@H](OC3OC(COC(C)=O)C(OC(C)=O)C(O)C3OC(=O)c3ccccc3)C2OC(C)=O)C1OC(C)=O. The fourth-order valence-corrected chi connectivity index (χ4v) is 11.9. The fourth-order valence-electron chi connectivity index (χ4n) is 11.9. The van der Waals surface area contributed by atoms with E-state index in [4.69, 9.17) is 94.7 Å². The van der Waals surface area contributed by atoms with E-state index in [1.54, 1.807) is 42.5 Å². The van der Waals surface area contributed by atoms with Crippen LogP contribution in [0.25, 0.3) is 0 Å². The van der Waals surface area contributed by atoms with E-state index >= 15 is 0 Å². The lowest BCUT2D eigenvalue weighted by Crippen LogP contribution is -2.69. The van der Waals surface area contributed by atoms with Crippen LogP contribution in [0.2, 0.25) is 0 Å². The Hall–Kier alpha value is -10.6. The van der Waals surface area contributed by atoms with Crippen molar-refractivity contribution in [1.29, 1.82) is 0 Å². The molecule has 9 rings (SSSR count). The fraction of sp³-hybridized carbons (Fsp3) is 0.432. The molecule has 4 heterocycles. The molecule has 572 valence electrons. The summed E-state index contributed by atoms with van der Waals surface area (Å²) in [4.78, 5) is 164. The van der Waals surface area contributed by atoms with E-state index in [2.05, 4.69) is 0 Å². The summed E-state index contributed by atoms with van der Waals surface area (Å²) < 4.78 is 122. The number of benzene rings is 5. The van der Waals surface area contributed by atoms with Gasteiger partial charge in [-0.2, -0.15) is 0 Å². The van der Waals surface area contributed by atoms with Crippen molar-refractivity contribution in [3.05, 3.63) is 179 Å². The Morgan fingerprint density at radius 2 is 0.551 bits per heavy atom. The van der Waals surface area contributed by atoms with Gasteiger partial charge in [-0.1, -0.05) is 91.0 Å². The second-order valence-electron chi connectivity index (χ2n) is 24.3. The number of carbonyl (C=O) groups is 12. The van der Waals surface area contributed by atoms with Crippen LogP contribution in [-0.4, -0.2) is 233 Å². The Bertz CT molecular complexity index is 3880. The normalized spacial score (nSPS) is 28.1. The van der Waals surface area contributed by atoms with E-state index < -0.39 is 221 Å². The Kier molecular flexibility index (Phi) is 28.6. The maximum absolute atomic E-state index is 14.7. The standard InChI is InChI=1S/C74H78O33/c1-38(75)89-34-50-55(93-40(3)77)54(82)59(103-68(85)47-28-18-11-19-29-47)73(100-50)106-62-57(95-42(5)79)53(101-74(65(62)97-44(7)81)107-61-56(94-41(4)78)51(35-90-39(2)76)98-71(88-8)63(61)96-43(6)80)37-92-72-64(105-70(87)49-32-22-13-23-33-49)60(104-69(86)48-30-20-12-21-31-48)58(102-67(84)46-26-16-10-17-27-46)52(99-72)36-91-66(83)45-24-14-9-15-25-45/h9-33,50-65,71-74,82H,34-37H2,1-8H3/t50?,51?,52?,53?,54?,55?,56?,57-,58?,59?,60?,61?,62+,63?,64?,65?,71?,72?,73?,74-/m1/s1. The Balaban J connectivity index is 1.23. The molecule has 1 N–H and O–H groups in total. The molecule has 0 saturated carbocycles. The van der Waals surface area contributed by atoms with E-state index in [0.717, 1.165) is 55.6 Å². The predicted molar refractivity (Wildman–Crippen MR) is 354 cm³/mol. The number of aliphatic hydroxyl groups is 1. The van der Waals surface area contributed by atoms with Crippen molar-refractivity contribution in [1.82, 2.24) is 0 Å². The minimum atomic E-state index is -2.33. The average molecular weight is 1500 g/mol. The van der Waals surface area contributed by atoms with Crippen LogP contribution < -0.4 is 0 Å². The van der Waals surface area contributed by atoms with Crippen molar-refractivity contribution >= 4 is 71.6 Å². The summed E-state index contributed by atoms with van der Waals surface area (Å²) in [5.41, 5.74) is -0.309.